The molecule has 302 valence electrons. The molecule has 0 fully saturated rings. The number of para-hydroxylation sites is 4. The minimum atomic E-state index is -0.899. The standard InChI is InChI=1S/C58H34N6O/c1-5-19-44-38(15-1)40-29-32-59-34-51(40)62(44)35-27-28-48-41(33-35)39-16-4-8-22-47(39)64(48)50-24-10-26-53-55(50)58(42-17-11-30-60-56(42)57-43(58)18-12-31-61-57)54-49(23-9-25-52(54)65-53)63-45-20-6-2-13-36(45)37-14-3-7-21-46(37)63/h1-34H. The van der Waals surface area contributed by atoms with Crippen molar-refractivity contribution in [3.8, 4) is 39.9 Å². The summed E-state index contributed by atoms with van der Waals surface area (Å²) in [6, 6.07) is 65.5. The summed E-state index contributed by atoms with van der Waals surface area (Å²) in [5.74, 6) is 1.59. The molecule has 0 radical (unpaired) electrons. The summed E-state index contributed by atoms with van der Waals surface area (Å²) in [4.78, 5) is 14.8. The van der Waals surface area contributed by atoms with Gasteiger partial charge in [-0.3, -0.25) is 15.0 Å². The Morgan fingerprint density at radius 3 is 1.40 bits per heavy atom. The first-order valence-electron chi connectivity index (χ1n) is 22.0. The van der Waals surface area contributed by atoms with Crippen LogP contribution in [0, 0.1) is 0 Å². The van der Waals surface area contributed by atoms with Gasteiger partial charge in [-0.1, -0.05) is 97.1 Å². The molecule has 0 atom stereocenters. The molecule has 6 aromatic heterocycles. The topological polar surface area (TPSA) is 62.7 Å². The molecule has 7 aromatic carbocycles. The summed E-state index contributed by atoms with van der Waals surface area (Å²) in [5, 5.41) is 7.10. The lowest BCUT2D eigenvalue weighted by Crippen LogP contribution is -2.35. The summed E-state index contributed by atoms with van der Waals surface area (Å²) >= 11 is 0. The van der Waals surface area contributed by atoms with Crippen molar-refractivity contribution in [2.45, 2.75) is 5.41 Å². The number of hydrogen-bond acceptors (Lipinski definition) is 4. The smallest absolute Gasteiger partial charge is 0.134 e. The van der Waals surface area contributed by atoms with Gasteiger partial charge in [0.15, 0.2) is 0 Å². The predicted octanol–water partition coefficient (Wildman–Crippen LogP) is 13.6. The highest BCUT2D eigenvalue weighted by Gasteiger charge is 2.55. The van der Waals surface area contributed by atoms with E-state index >= 15 is 0 Å². The maximum absolute atomic E-state index is 7.29. The number of rotatable bonds is 3. The molecule has 65 heavy (non-hydrogen) atoms. The SMILES string of the molecule is c1cc2c(c(-n3c4ccccc4c4ccccc43)c1)C1(c3cccnc3-c3ncccc31)c1c(cccc1-n1c3ccccc3c3cc(-n4c5ccccc5c5ccncc54)ccc31)O2. The molecule has 0 N–H and O–H groups in total. The van der Waals surface area contributed by atoms with Gasteiger partial charge >= 0.3 is 0 Å². The summed E-state index contributed by atoms with van der Waals surface area (Å²) in [6.45, 7) is 0. The zero-order chi connectivity index (χ0) is 42.4. The zero-order valence-electron chi connectivity index (χ0n) is 34.7. The van der Waals surface area contributed by atoms with E-state index in [0.717, 1.165) is 106 Å². The van der Waals surface area contributed by atoms with Crippen molar-refractivity contribution in [2.24, 2.45) is 0 Å². The van der Waals surface area contributed by atoms with Crippen LogP contribution in [0.3, 0.4) is 0 Å². The Morgan fingerprint density at radius 2 is 0.846 bits per heavy atom. The highest BCUT2D eigenvalue weighted by Crippen LogP contribution is 2.64. The van der Waals surface area contributed by atoms with Crippen molar-refractivity contribution in [3.63, 3.8) is 0 Å². The van der Waals surface area contributed by atoms with Crippen LogP contribution in [0.5, 0.6) is 11.5 Å². The van der Waals surface area contributed by atoms with Gasteiger partial charge in [-0.25, -0.2) is 0 Å². The quantitative estimate of drug-likeness (QED) is 0.178. The van der Waals surface area contributed by atoms with Crippen molar-refractivity contribution in [1.29, 1.82) is 0 Å². The van der Waals surface area contributed by atoms with Gasteiger partial charge in [-0.05, 0) is 84.9 Å². The molecular formula is C58H34N6O. The average molecular weight is 831 g/mol. The minimum absolute atomic E-state index is 0.793. The zero-order valence-corrected chi connectivity index (χ0v) is 34.7. The summed E-state index contributed by atoms with van der Waals surface area (Å²) in [6.07, 6.45) is 7.63. The highest BCUT2D eigenvalue weighted by molar-refractivity contribution is 6.13. The number of aromatic nitrogens is 6. The maximum atomic E-state index is 7.29. The Bertz CT molecular complexity index is 4040. The molecule has 15 rings (SSSR count). The summed E-state index contributed by atoms with van der Waals surface area (Å²) in [7, 11) is 0. The van der Waals surface area contributed by atoms with Crippen LogP contribution in [0.4, 0.5) is 0 Å². The van der Waals surface area contributed by atoms with Gasteiger partial charge in [0.1, 0.15) is 11.5 Å². The van der Waals surface area contributed by atoms with Crippen molar-refractivity contribution >= 4 is 65.4 Å². The Hall–Kier alpha value is -8.81. The number of hydrogen-bond donors (Lipinski definition) is 0. The van der Waals surface area contributed by atoms with Crippen LogP contribution >= 0.6 is 0 Å². The molecule has 7 heteroatoms. The van der Waals surface area contributed by atoms with Gasteiger partial charge in [0.2, 0.25) is 0 Å². The highest BCUT2D eigenvalue weighted by atomic mass is 16.5. The second-order valence-electron chi connectivity index (χ2n) is 17.1. The first-order chi connectivity index (χ1) is 32.3. The molecule has 7 nitrogen and oxygen atoms in total. The second kappa shape index (κ2) is 12.6. The minimum Gasteiger partial charge on any atom is -0.457 e. The molecular weight excluding hydrogens is 797 g/mol. The van der Waals surface area contributed by atoms with Crippen LogP contribution in [0.15, 0.2) is 207 Å². The lowest BCUT2D eigenvalue weighted by molar-refractivity contribution is 0.435. The average Bonchev–Trinajstić information content (AvgIpc) is 4.08. The van der Waals surface area contributed by atoms with Crippen LogP contribution in [-0.2, 0) is 5.41 Å². The van der Waals surface area contributed by atoms with Crippen LogP contribution in [0.2, 0.25) is 0 Å². The molecule has 0 unspecified atom stereocenters. The predicted molar refractivity (Wildman–Crippen MR) is 260 cm³/mol. The Kier molecular flexibility index (Phi) is 6.76. The lowest BCUT2D eigenvalue weighted by atomic mass is 9.65. The van der Waals surface area contributed by atoms with E-state index in [4.69, 9.17) is 14.7 Å². The Labute approximate surface area is 371 Å². The third-order valence-electron chi connectivity index (χ3n) is 14.1. The number of nitrogens with zero attached hydrogens (tertiary/aromatic N) is 6. The fourth-order valence-electron chi connectivity index (χ4n) is 11.7. The molecule has 0 saturated heterocycles. The van der Waals surface area contributed by atoms with E-state index in [2.05, 4.69) is 201 Å². The van der Waals surface area contributed by atoms with E-state index in [0.29, 0.717) is 0 Å². The van der Waals surface area contributed by atoms with Crippen LogP contribution in [-0.4, -0.2) is 28.7 Å². The summed E-state index contributed by atoms with van der Waals surface area (Å²) in [5.41, 5.74) is 14.9. The van der Waals surface area contributed by atoms with E-state index < -0.39 is 5.41 Å². The second-order valence-corrected chi connectivity index (χ2v) is 17.1. The number of benzene rings is 7. The molecule has 1 aliphatic carbocycles. The first-order valence-corrected chi connectivity index (χ1v) is 22.0. The van der Waals surface area contributed by atoms with Gasteiger partial charge in [0.05, 0.1) is 67.5 Å². The Balaban J connectivity index is 1.07. The van der Waals surface area contributed by atoms with E-state index in [-0.39, 0.29) is 0 Å². The van der Waals surface area contributed by atoms with Crippen molar-refractivity contribution in [2.75, 3.05) is 0 Å². The van der Waals surface area contributed by atoms with Gasteiger partial charge in [0, 0.05) is 78.8 Å². The van der Waals surface area contributed by atoms with E-state index in [9.17, 15) is 0 Å². The number of ether oxygens (including phenoxy) is 1. The van der Waals surface area contributed by atoms with E-state index in [1.54, 1.807) is 0 Å². The Morgan fingerprint density at radius 1 is 0.369 bits per heavy atom. The first kappa shape index (κ1) is 34.7. The number of fused-ring (bicyclic) bond motifs is 18. The molecule has 7 heterocycles. The molecule has 0 bridgehead atoms. The van der Waals surface area contributed by atoms with Crippen LogP contribution in [0.1, 0.15) is 22.3 Å². The van der Waals surface area contributed by atoms with Crippen molar-refractivity contribution in [3.05, 3.63) is 229 Å². The lowest BCUT2D eigenvalue weighted by Gasteiger charge is -2.41. The normalized spacial score (nSPS) is 13.5. The third kappa shape index (κ3) is 4.36. The van der Waals surface area contributed by atoms with Gasteiger partial charge in [-0.2, -0.15) is 0 Å². The molecule has 0 saturated carbocycles. The van der Waals surface area contributed by atoms with Crippen LogP contribution < -0.4 is 4.74 Å². The maximum Gasteiger partial charge on any atom is 0.134 e. The molecule has 1 aliphatic heterocycles. The fraction of sp³-hybridized carbons (Fsp3) is 0.0172. The van der Waals surface area contributed by atoms with Gasteiger partial charge in [-0.15, -0.1) is 0 Å². The molecule has 1 spiro atoms. The molecule has 0 amide bonds. The fourth-order valence-corrected chi connectivity index (χ4v) is 11.7. The van der Waals surface area contributed by atoms with Crippen molar-refractivity contribution in [1.82, 2.24) is 28.7 Å². The number of pyridine rings is 3. The van der Waals surface area contributed by atoms with Crippen molar-refractivity contribution < 1.29 is 4.74 Å². The van der Waals surface area contributed by atoms with Crippen LogP contribution in [0.25, 0.3) is 93.9 Å². The molecule has 13 aromatic rings. The third-order valence-corrected chi connectivity index (χ3v) is 14.1. The summed E-state index contributed by atoms with van der Waals surface area (Å²) < 4.78 is 14.5. The van der Waals surface area contributed by atoms with Gasteiger partial charge in [0.25, 0.3) is 0 Å². The largest absolute Gasteiger partial charge is 0.457 e. The monoisotopic (exact) mass is 830 g/mol. The molecule has 2 aliphatic rings. The van der Waals surface area contributed by atoms with E-state index in [1.165, 1.54) is 21.5 Å². The van der Waals surface area contributed by atoms with Gasteiger partial charge < -0.3 is 18.4 Å². The van der Waals surface area contributed by atoms with E-state index in [1.807, 2.05) is 24.8 Å².